The number of halogens is 2. The summed E-state index contributed by atoms with van der Waals surface area (Å²) in [7, 11) is 0. The Bertz CT molecular complexity index is 731. The van der Waals surface area contributed by atoms with Crippen LogP contribution < -0.4 is 15.4 Å². The fraction of sp³-hybridized carbons (Fsp3) is 0.222. The number of nitrogens with one attached hydrogen (secondary N) is 2. The summed E-state index contributed by atoms with van der Waals surface area (Å²) in [5.74, 6) is -0.411. The van der Waals surface area contributed by atoms with Gasteiger partial charge in [-0.3, -0.25) is 9.59 Å². The molecule has 0 radical (unpaired) electrons. The molecule has 0 spiro atoms. The maximum Gasteiger partial charge on any atom is 0.387 e. The average Bonchev–Trinajstić information content (AvgIpc) is 2.55. The third-order valence-electron chi connectivity index (χ3n) is 3.42. The molecule has 1 unspecified atom stereocenters. The summed E-state index contributed by atoms with van der Waals surface area (Å²) in [5.41, 5.74) is 1.80. The van der Waals surface area contributed by atoms with Crippen LogP contribution in [-0.4, -0.2) is 18.4 Å². The van der Waals surface area contributed by atoms with Crippen LogP contribution in [0.1, 0.15) is 35.8 Å². The number of carbonyl (C=O) groups excluding carboxylic acids is 2. The van der Waals surface area contributed by atoms with Crippen molar-refractivity contribution in [2.75, 3.05) is 5.32 Å². The van der Waals surface area contributed by atoms with Gasteiger partial charge in [-0.15, -0.1) is 0 Å². The van der Waals surface area contributed by atoms with E-state index in [0.717, 1.165) is 5.56 Å². The van der Waals surface area contributed by atoms with Crippen LogP contribution in [0.15, 0.2) is 48.5 Å². The van der Waals surface area contributed by atoms with Crippen LogP contribution in [0.3, 0.4) is 0 Å². The van der Waals surface area contributed by atoms with Crippen molar-refractivity contribution in [3.8, 4) is 5.75 Å². The van der Waals surface area contributed by atoms with Gasteiger partial charge in [0.05, 0.1) is 6.04 Å². The lowest BCUT2D eigenvalue weighted by molar-refractivity contribution is -0.114. The molecule has 5 nitrogen and oxygen atoms in total. The lowest BCUT2D eigenvalue weighted by atomic mass is 10.1. The summed E-state index contributed by atoms with van der Waals surface area (Å²) in [6, 6.07) is 12.2. The Labute approximate surface area is 144 Å². The van der Waals surface area contributed by atoms with E-state index < -0.39 is 6.61 Å². The largest absolute Gasteiger partial charge is 0.435 e. The number of hydrogen-bond acceptors (Lipinski definition) is 3. The lowest BCUT2D eigenvalue weighted by Crippen LogP contribution is -2.26. The Balaban J connectivity index is 1.98. The molecule has 0 aliphatic rings. The summed E-state index contributed by atoms with van der Waals surface area (Å²) in [4.78, 5) is 23.2. The molecule has 0 saturated carbocycles. The first-order chi connectivity index (χ1) is 11.8. The number of ether oxygens (including phenoxy) is 1. The fourth-order valence-corrected chi connectivity index (χ4v) is 2.21. The first-order valence-corrected chi connectivity index (χ1v) is 7.58. The zero-order valence-electron chi connectivity index (χ0n) is 13.8. The zero-order chi connectivity index (χ0) is 18.4. The first-order valence-electron chi connectivity index (χ1n) is 7.58. The van der Waals surface area contributed by atoms with Crippen LogP contribution >= 0.6 is 0 Å². The Morgan fingerprint density at radius 2 is 1.60 bits per heavy atom. The Hall–Kier alpha value is -2.96. The quantitative estimate of drug-likeness (QED) is 0.836. The van der Waals surface area contributed by atoms with Crippen LogP contribution in [-0.2, 0) is 4.79 Å². The molecular formula is C18H18F2N2O3. The maximum atomic E-state index is 12.3. The third-order valence-corrected chi connectivity index (χ3v) is 3.42. The predicted octanol–water partition coefficient (Wildman–Crippen LogP) is 3.74. The van der Waals surface area contributed by atoms with Gasteiger partial charge in [0.1, 0.15) is 5.75 Å². The first kappa shape index (κ1) is 18.4. The van der Waals surface area contributed by atoms with Crippen LogP contribution in [0.25, 0.3) is 0 Å². The van der Waals surface area contributed by atoms with E-state index in [1.54, 1.807) is 43.3 Å². The van der Waals surface area contributed by atoms with E-state index >= 15 is 0 Å². The van der Waals surface area contributed by atoms with Crippen LogP contribution in [0.2, 0.25) is 0 Å². The van der Waals surface area contributed by atoms with E-state index in [1.165, 1.54) is 19.1 Å². The van der Waals surface area contributed by atoms with Gasteiger partial charge in [0.25, 0.3) is 5.91 Å². The number of rotatable bonds is 6. The van der Waals surface area contributed by atoms with Crippen LogP contribution in [0, 0.1) is 0 Å². The molecule has 132 valence electrons. The van der Waals surface area contributed by atoms with Gasteiger partial charge in [-0.25, -0.2) is 0 Å². The molecule has 2 amide bonds. The predicted molar refractivity (Wildman–Crippen MR) is 89.7 cm³/mol. The standard InChI is InChI=1S/C18H18F2N2O3/c1-11(13-5-9-16(10-6-13)25-18(19)20)21-17(24)14-3-7-15(8-4-14)22-12(2)23/h3-11,18H,1-2H3,(H,21,24)(H,22,23). The lowest BCUT2D eigenvalue weighted by Gasteiger charge is -2.15. The molecule has 0 heterocycles. The highest BCUT2D eigenvalue weighted by Crippen LogP contribution is 2.19. The van der Waals surface area contributed by atoms with Gasteiger partial charge in [-0.05, 0) is 48.9 Å². The highest BCUT2D eigenvalue weighted by molar-refractivity contribution is 5.95. The van der Waals surface area contributed by atoms with E-state index in [2.05, 4.69) is 15.4 Å². The zero-order valence-corrected chi connectivity index (χ0v) is 13.8. The smallest absolute Gasteiger partial charge is 0.387 e. The minimum absolute atomic E-state index is 0.0610. The van der Waals surface area contributed by atoms with E-state index in [0.29, 0.717) is 11.3 Å². The van der Waals surface area contributed by atoms with Crippen LogP contribution in [0.5, 0.6) is 5.75 Å². The van der Waals surface area contributed by atoms with Gasteiger partial charge in [0.2, 0.25) is 5.91 Å². The Morgan fingerprint density at radius 3 is 2.12 bits per heavy atom. The van der Waals surface area contributed by atoms with Crippen molar-refractivity contribution in [1.82, 2.24) is 5.32 Å². The van der Waals surface area contributed by atoms with Crippen molar-refractivity contribution < 1.29 is 23.1 Å². The molecule has 1 atom stereocenters. The van der Waals surface area contributed by atoms with Gasteiger partial charge in [-0.1, -0.05) is 12.1 Å². The second kappa shape index (κ2) is 8.23. The third kappa shape index (κ3) is 5.56. The minimum Gasteiger partial charge on any atom is -0.435 e. The normalized spacial score (nSPS) is 11.7. The van der Waals surface area contributed by atoms with E-state index in [4.69, 9.17) is 0 Å². The van der Waals surface area contributed by atoms with Gasteiger partial charge in [0, 0.05) is 18.2 Å². The molecule has 7 heteroatoms. The Morgan fingerprint density at radius 1 is 1.00 bits per heavy atom. The molecule has 0 bridgehead atoms. The minimum atomic E-state index is -2.87. The SMILES string of the molecule is CC(=O)Nc1ccc(C(=O)NC(C)c2ccc(OC(F)F)cc2)cc1. The van der Waals surface area contributed by atoms with Gasteiger partial charge < -0.3 is 15.4 Å². The second-order valence-electron chi connectivity index (χ2n) is 5.40. The van der Waals surface area contributed by atoms with E-state index in [1.807, 2.05) is 0 Å². The molecule has 0 saturated heterocycles. The van der Waals surface area contributed by atoms with Crippen molar-refractivity contribution in [1.29, 1.82) is 0 Å². The van der Waals surface area contributed by atoms with Gasteiger partial charge in [-0.2, -0.15) is 8.78 Å². The highest BCUT2D eigenvalue weighted by Gasteiger charge is 2.12. The molecular weight excluding hydrogens is 330 g/mol. The number of carbonyl (C=O) groups is 2. The summed E-state index contributed by atoms with van der Waals surface area (Å²) in [5, 5.41) is 5.44. The fourth-order valence-electron chi connectivity index (χ4n) is 2.21. The highest BCUT2D eigenvalue weighted by atomic mass is 19.3. The average molecular weight is 348 g/mol. The summed E-state index contributed by atoms with van der Waals surface area (Å²) in [6.45, 7) is 0.315. The van der Waals surface area contributed by atoms with Gasteiger partial charge in [0.15, 0.2) is 0 Å². The number of amides is 2. The van der Waals surface area contributed by atoms with Crippen molar-refractivity contribution in [3.05, 3.63) is 59.7 Å². The topological polar surface area (TPSA) is 67.4 Å². The van der Waals surface area contributed by atoms with Gasteiger partial charge >= 0.3 is 6.61 Å². The monoisotopic (exact) mass is 348 g/mol. The molecule has 0 fully saturated rings. The maximum absolute atomic E-state index is 12.3. The Kier molecular flexibility index (Phi) is 6.05. The van der Waals surface area contributed by atoms with Crippen molar-refractivity contribution in [3.63, 3.8) is 0 Å². The summed E-state index contributed by atoms with van der Waals surface area (Å²) in [6.07, 6.45) is 0. The van der Waals surface area contributed by atoms with Crippen molar-refractivity contribution in [2.24, 2.45) is 0 Å². The molecule has 0 aliphatic heterocycles. The second-order valence-corrected chi connectivity index (χ2v) is 5.40. The molecule has 25 heavy (non-hydrogen) atoms. The molecule has 0 aromatic heterocycles. The molecule has 2 rings (SSSR count). The molecule has 2 aromatic rings. The number of hydrogen-bond donors (Lipinski definition) is 2. The molecule has 2 N–H and O–H groups in total. The summed E-state index contributed by atoms with van der Waals surface area (Å²) >= 11 is 0. The summed E-state index contributed by atoms with van der Waals surface area (Å²) < 4.78 is 28.6. The van der Waals surface area contributed by atoms with Crippen molar-refractivity contribution >= 4 is 17.5 Å². The number of alkyl halides is 2. The van der Waals surface area contributed by atoms with Crippen molar-refractivity contribution in [2.45, 2.75) is 26.5 Å². The van der Waals surface area contributed by atoms with Crippen LogP contribution in [0.4, 0.5) is 14.5 Å². The van der Waals surface area contributed by atoms with E-state index in [9.17, 15) is 18.4 Å². The molecule has 2 aromatic carbocycles. The van der Waals surface area contributed by atoms with E-state index in [-0.39, 0.29) is 23.6 Å². The molecule has 0 aliphatic carbocycles. The number of anilines is 1. The number of benzene rings is 2.